The van der Waals surface area contributed by atoms with Gasteiger partial charge in [-0.1, -0.05) is 35.8 Å². The smallest absolute Gasteiger partial charge is 0.450 e. The Balaban J connectivity index is 5.31. The van der Waals surface area contributed by atoms with Crippen LogP contribution in [0, 0.1) is 0 Å². The third-order valence-electron chi connectivity index (χ3n) is 5.51. The fourth-order valence-electron chi connectivity index (χ4n) is 3.45. The standard InChI is InChI=1S/C17H42O4Si5/c1-16(22(6)7)24(10,11)21-25(12,13)17(2)23(8,9)14-15-26(18-3,19-4)20-5/h22H,1-2,14-15H2,3-13H3. The highest BCUT2D eigenvalue weighted by Gasteiger charge is 2.45. The largest absolute Gasteiger partial charge is 0.499 e. The van der Waals surface area contributed by atoms with Crippen LogP contribution >= 0.6 is 0 Å². The Morgan fingerprint density at radius 1 is 0.769 bits per heavy atom. The molecule has 0 fully saturated rings. The Morgan fingerprint density at radius 2 is 1.19 bits per heavy atom. The molecule has 0 rings (SSSR count). The van der Waals surface area contributed by atoms with Crippen molar-refractivity contribution >= 4 is 42.3 Å². The van der Waals surface area contributed by atoms with Crippen molar-refractivity contribution in [3.8, 4) is 0 Å². The van der Waals surface area contributed by atoms with Crippen LogP contribution in [0.5, 0.6) is 0 Å². The van der Waals surface area contributed by atoms with E-state index in [0.29, 0.717) is 0 Å². The second kappa shape index (κ2) is 9.74. The van der Waals surface area contributed by atoms with Crippen molar-refractivity contribution in [1.82, 2.24) is 0 Å². The lowest BCUT2D eigenvalue weighted by Gasteiger charge is -2.42. The van der Waals surface area contributed by atoms with Gasteiger partial charge in [-0.25, -0.2) is 0 Å². The molecule has 0 aromatic carbocycles. The summed E-state index contributed by atoms with van der Waals surface area (Å²) in [6.07, 6.45) is 0. The van der Waals surface area contributed by atoms with Gasteiger partial charge in [-0.05, 0) is 32.2 Å². The van der Waals surface area contributed by atoms with E-state index in [9.17, 15) is 0 Å². The molecule has 9 heteroatoms. The molecule has 154 valence electrons. The van der Waals surface area contributed by atoms with E-state index in [2.05, 4.69) is 65.5 Å². The van der Waals surface area contributed by atoms with Crippen LogP contribution in [0.2, 0.25) is 64.5 Å². The fraction of sp³-hybridized carbons (Fsp3) is 0.765. The first-order chi connectivity index (χ1) is 11.6. The SMILES string of the molecule is C=C([SiH](C)C)[Si](C)(C)O[Si](C)(C)C(=C)[Si](C)(C)CC[Si](OC)(OC)OC. The molecule has 0 spiro atoms. The van der Waals surface area contributed by atoms with Crippen molar-refractivity contribution in [3.05, 3.63) is 22.8 Å². The van der Waals surface area contributed by atoms with Crippen molar-refractivity contribution < 1.29 is 17.4 Å². The maximum atomic E-state index is 6.87. The summed E-state index contributed by atoms with van der Waals surface area (Å²) < 4.78 is 23.7. The van der Waals surface area contributed by atoms with E-state index in [1.54, 1.807) is 21.3 Å². The molecule has 0 saturated carbocycles. The Bertz CT molecular complexity index is 491. The molecule has 0 radical (unpaired) electrons. The fourth-order valence-corrected chi connectivity index (χ4v) is 28.2. The van der Waals surface area contributed by atoms with Gasteiger partial charge >= 0.3 is 8.80 Å². The highest BCUT2D eigenvalue weighted by Crippen LogP contribution is 2.34. The molecule has 0 aliphatic rings. The molecule has 4 nitrogen and oxygen atoms in total. The summed E-state index contributed by atoms with van der Waals surface area (Å²) in [5.74, 6) is 0. The third kappa shape index (κ3) is 6.78. The summed E-state index contributed by atoms with van der Waals surface area (Å²) in [5.41, 5.74) is 0. The van der Waals surface area contributed by atoms with Gasteiger partial charge in [-0.15, -0.1) is 13.2 Å². The van der Waals surface area contributed by atoms with Gasteiger partial charge in [-0.3, -0.25) is 0 Å². The first kappa shape index (κ1) is 26.4. The van der Waals surface area contributed by atoms with E-state index in [1.165, 1.54) is 9.64 Å². The lowest BCUT2D eigenvalue weighted by Crippen LogP contribution is -2.54. The minimum absolute atomic E-state index is 0.825. The van der Waals surface area contributed by atoms with Gasteiger partial charge in [0.2, 0.25) is 0 Å². The summed E-state index contributed by atoms with van der Waals surface area (Å²) in [6, 6.07) is 1.86. The van der Waals surface area contributed by atoms with E-state index >= 15 is 0 Å². The van der Waals surface area contributed by atoms with Crippen molar-refractivity contribution in [1.29, 1.82) is 0 Å². The van der Waals surface area contributed by atoms with E-state index in [0.717, 1.165) is 12.1 Å². The zero-order chi connectivity index (χ0) is 21.0. The first-order valence-corrected chi connectivity index (χ1v) is 23.2. The Kier molecular flexibility index (Phi) is 9.90. The van der Waals surface area contributed by atoms with Crippen LogP contribution in [0.25, 0.3) is 0 Å². The van der Waals surface area contributed by atoms with Gasteiger partial charge in [0.1, 0.15) is 0 Å². The predicted molar refractivity (Wildman–Crippen MR) is 127 cm³/mol. The Labute approximate surface area is 168 Å². The monoisotopic (exact) mass is 450 g/mol. The van der Waals surface area contributed by atoms with Gasteiger partial charge in [0, 0.05) is 27.4 Å². The summed E-state index contributed by atoms with van der Waals surface area (Å²) in [4.78, 5) is 2.78. The van der Waals surface area contributed by atoms with Gasteiger partial charge in [0.05, 0.1) is 16.9 Å². The highest BCUT2D eigenvalue weighted by molar-refractivity contribution is 7.07. The van der Waals surface area contributed by atoms with Crippen LogP contribution in [0.15, 0.2) is 22.8 Å². The highest BCUT2D eigenvalue weighted by atomic mass is 28.5. The lowest BCUT2D eigenvalue weighted by atomic mass is 10.9. The Morgan fingerprint density at radius 3 is 1.54 bits per heavy atom. The maximum Gasteiger partial charge on any atom is 0.499 e. The molecule has 0 atom stereocenters. The molecule has 0 bridgehead atoms. The minimum Gasteiger partial charge on any atom is -0.450 e. The zero-order valence-corrected chi connectivity index (χ0v) is 24.2. The second-order valence-electron chi connectivity index (χ2n) is 8.96. The molecular weight excluding hydrogens is 409 g/mol. The van der Waals surface area contributed by atoms with Crippen LogP contribution in [-0.4, -0.2) is 63.6 Å². The quantitative estimate of drug-likeness (QED) is 0.402. The number of rotatable bonds is 12. The summed E-state index contributed by atoms with van der Waals surface area (Å²) >= 11 is 0. The number of hydrogen-bond acceptors (Lipinski definition) is 4. The molecule has 0 aliphatic carbocycles. The van der Waals surface area contributed by atoms with E-state index in [1.807, 2.05) is 0 Å². The van der Waals surface area contributed by atoms with Crippen LogP contribution in [-0.2, 0) is 17.4 Å². The molecule has 0 heterocycles. The van der Waals surface area contributed by atoms with Gasteiger partial charge < -0.3 is 17.4 Å². The zero-order valence-electron chi connectivity index (χ0n) is 19.0. The average Bonchev–Trinajstić information content (AvgIpc) is 2.54. The normalized spacial score (nSPS) is 14.0. The van der Waals surface area contributed by atoms with Crippen LogP contribution < -0.4 is 0 Å². The molecule has 0 aliphatic heterocycles. The van der Waals surface area contributed by atoms with Gasteiger partial charge in [0.25, 0.3) is 0 Å². The summed E-state index contributed by atoms with van der Waals surface area (Å²) in [7, 11) is -4.05. The van der Waals surface area contributed by atoms with Crippen molar-refractivity contribution in [3.63, 3.8) is 0 Å². The summed E-state index contributed by atoms with van der Waals surface area (Å²) in [6.45, 7) is 27.6. The van der Waals surface area contributed by atoms with Crippen LogP contribution in [0.3, 0.4) is 0 Å². The van der Waals surface area contributed by atoms with Crippen molar-refractivity contribution in [2.45, 2.75) is 64.5 Å². The second-order valence-corrected chi connectivity index (χ2v) is 29.1. The maximum absolute atomic E-state index is 6.87. The third-order valence-corrected chi connectivity index (χ3v) is 28.0. The molecule has 0 aromatic heterocycles. The molecule has 0 unspecified atom stereocenters. The minimum atomic E-state index is -2.54. The average molecular weight is 451 g/mol. The predicted octanol–water partition coefficient (Wildman–Crippen LogP) is 4.76. The van der Waals surface area contributed by atoms with Crippen molar-refractivity contribution in [2.75, 3.05) is 21.3 Å². The molecule has 26 heavy (non-hydrogen) atoms. The lowest BCUT2D eigenvalue weighted by molar-refractivity contribution is 0.125. The molecular formula is C17H42O4Si5. The van der Waals surface area contributed by atoms with E-state index in [-0.39, 0.29) is 0 Å². The van der Waals surface area contributed by atoms with E-state index < -0.39 is 42.3 Å². The number of hydrogen-bond donors (Lipinski definition) is 0. The van der Waals surface area contributed by atoms with Gasteiger partial charge in [-0.2, -0.15) is 0 Å². The van der Waals surface area contributed by atoms with Crippen LogP contribution in [0.4, 0.5) is 0 Å². The van der Waals surface area contributed by atoms with Crippen molar-refractivity contribution in [2.24, 2.45) is 0 Å². The molecule has 0 aromatic rings. The summed E-state index contributed by atoms with van der Waals surface area (Å²) in [5, 5.41) is 0. The van der Waals surface area contributed by atoms with Gasteiger partial charge in [0.15, 0.2) is 16.6 Å². The van der Waals surface area contributed by atoms with Crippen LogP contribution in [0.1, 0.15) is 0 Å². The molecule has 0 N–H and O–H groups in total. The van der Waals surface area contributed by atoms with E-state index in [4.69, 9.17) is 17.4 Å². The topological polar surface area (TPSA) is 36.9 Å². The first-order valence-electron chi connectivity index (χ1n) is 9.35. The Hall–Kier alpha value is 0.404. The molecule has 0 amide bonds. The molecule has 0 saturated heterocycles.